The number of aliphatic imine (C=N–C) groups is 1. The zero-order valence-electron chi connectivity index (χ0n) is 21.8. The van der Waals surface area contributed by atoms with Gasteiger partial charge in [-0.3, -0.25) is 9.98 Å². The molecule has 0 atom stereocenters. The lowest BCUT2D eigenvalue weighted by Gasteiger charge is -2.31. The summed E-state index contributed by atoms with van der Waals surface area (Å²) in [5, 5.41) is 0. The van der Waals surface area contributed by atoms with Crippen molar-refractivity contribution in [1.82, 2.24) is 9.97 Å². The fourth-order valence-electron chi connectivity index (χ4n) is 3.96. The smallest absolute Gasteiger partial charge is 0.133 e. The second-order valence-corrected chi connectivity index (χ2v) is 10.3. The van der Waals surface area contributed by atoms with Crippen LogP contribution in [0.1, 0.15) is 56.2 Å². The number of aryl methyl sites for hydroxylation is 1. The van der Waals surface area contributed by atoms with Crippen molar-refractivity contribution < 1.29 is 4.39 Å². The third-order valence-electron chi connectivity index (χ3n) is 6.41. The minimum Gasteiger partial charge on any atom is -0.357 e. The summed E-state index contributed by atoms with van der Waals surface area (Å²) >= 11 is 1.52. The standard InChI is InChI=1S/C15H15FN2S.C14H22N2/c1-10-8-18-15(6-11(10)9-17-2)13-5-4-12(19-3)7-14(13)16;1-11(2)13-4-5-14(15-10-13)16-8-6-12(3)7-9-16/h4-9H,1-3H3;4-5,10-12H,6-9H2,1-3H3. The van der Waals surface area contributed by atoms with Crippen LogP contribution in [0, 0.1) is 18.7 Å². The first kappa shape index (κ1) is 26.9. The van der Waals surface area contributed by atoms with Gasteiger partial charge in [-0.2, -0.15) is 0 Å². The molecule has 0 bridgehead atoms. The highest BCUT2D eigenvalue weighted by Crippen LogP contribution is 2.26. The number of anilines is 1. The number of nitrogens with zero attached hydrogens (tertiary/aromatic N) is 4. The number of halogens is 1. The van der Waals surface area contributed by atoms with Crippen molar-refractivity contribution in [2.75, 3.05) is 31.3 Å². The van der Waals surface area contributed by atoms with E-state index in [9.17, 15) is 4.39 Å². The molecule has 186 valence electrons. The van der Waals surface area contributed by atoms with Gasteiger partial charge in [-0.25, -0.2) is 9.37 Å². The molecule has 0 unspecified atom stereocenters. The molecule has 0 amide bonds. The van der Waals surface area contributed by atoms with E-state index in [-0.39, 0.29) is 5.82 Å². The molecule has 35 heavy (non-hydrogen) atoms. The number of pyridine rings is 2. The van der Waals surface area contributed by atoms with Gasteiger partial charge in [-0.05, 0) is 84.9 Å². The Morgan fingerprint density at radius 3 is 2.40 bits per heavy atom. The van der Waals surface area contributed by atoms with Crippen LogP contribution < -0.4 is 4.90 Å². The van der Waals surface area contributed by atoms with Crippen molar-refractivity contribution in [3.63, 3.8) is 0 Å². The summed E-state index contributed by atoms with van der Waals surface area (Å²) in [6.45, 7) is 11.0. The lowest BCUT2D eigenvalue weighted by atomic mass is 9.99. The molecule has 0 spiro atoms. The van der Waals surface area contributed by atoms with Gasteiger partial charge in [-0.15, -0.1) is 11.8 Å². The summed E-state index contributed by atoms with van der Waals surface area (Å²) in [5.74, 6) is 2.35. The maximum Gasteiger partial charge on any atom is 0.133 e. The third-order valence-corrected chi connectivity index (χ3v) is 7.14. The first-order valence-electron chi connectivity index (χ1n) is 12.3. The van der Waals surface area contributed by atoms with E-state index in [0.29, 0.717) is 17.2 Å². The van der Waals surface area contributed by atoms with Crippen molar-refractivity contribution in [1.29, 1.82) is 0 Å². The zero-order chi connectivity index (χ0) is 25.4. The predicted octanol–water partition coefficient (Wildman–Crippen LogP) is 7.41. The highest BCUT2D eigenvalue weighted by atomic mass is 32.2. The van der Waals surface area contributed by atoms with Crippen LogP contribution in [0.5, 0.6) is 0 Å². The SMILES string of the molecule is CC1CCN(c2ccc(C(C)C)cn2)CC1.CN=Cc1cc(-c2ccc(SC)cc2F)ncc1C. The number of hydrogen-bond acceptors (Lipinski definition) is 5. The molecule has 0 saturated carbocycles. The van der Waals surface area contributed by atoms with E-state index < -0.39 is 0 Å². The lowest BCUT2D eigenvalue weighted by molar-refractivity contribution is 0.436. The Hall–Kier alpha value is -2.73. The molecule has 1 aromatic carbocycles. The number of rotatable bonds is 5. The second kappa shape index (κ2) is 12.8. The van der Waals surface area contributed by atoms with Gasteiger partial charge in [0.1, 0.15) is 11.6 Å². The van der Waals surface area contributed by atoms with E-state index in [0.717, 1.165) is 40.8 Å². The molecule has 0 radical (unpaired) electrons. The summed E-state index contributed by atoms with van der Waals surface area (Å²) in [7, 11) is 1.72. The highest BCUT2D eigenvalue weighted by Gasteiger charge is 2.16. The molecule has 3 aromatic rings. The Bertz CT molecular complexity index is 1120. The Morgan fingerprint density at radius 2 is 1.83 bits per heavy atom. The van der Waals surface area contributed by atoms with Gasteiger partial charge in [0.15, 0.2) is 0 Å². The second-order valence-electron chi connectivity index (χ2n) is 9.43. The molecular formula is C29H37FN4S. The van der Waals surface area contributed by atoms with Crippen LogP contribution in [-0.2, 0) is 0 Å². The first-order chi connectivity index (χ1) is 16.8. The quantitative estimate of drug-likeness (QED) is 0.275. The molecule has 4 rings (SSSR count). The molecule has 3 heterocycles. The number of benzene rings is 1. The average Bonchev–Trinajstić information content (AvgIpc) is 2.86. The normalized spacial score (nSPS) is 14.3. The van der Waals surface area contributed by atoms with E-state index in [1.807, 2.05) is 31.5 Å². The van der Waals surface area contributed by atoms with Gasteiger partial charge in [0.25, 0.3) is 0 Å². The average molecular weight is 493 g/mol. The van der Waals surface area contributed by atoms with Crippen LogP contribution in [0.25, 0.3) is 11.3 Å². The monoisotopic (exact) mass is 492 g/mol. The van der Waals surface area contributed by atoms with E-state index in [4.69, 9.17) is 0 Å². The Kier molecular flexibility index (Phi) is 9.84. The minimum atomic E-state index is -0.248. The van der Waals surface area contributed by atoms with Crippen LogP contribution in [0.4, 0.5) is 10.2 Å². The molecule has 1 aliphatic heterocycles. The van der Waals surface area contributed by atoms with E-state index in [2.05, 4.69) is 52.8 Å². The Labute approximate surface area is 214 Å². The number of aromatic nitrogens is 2. The topological polar surface area (TPSA) is 41.4 Å². The zero-order valence-corrected chi connectivity index (χ0v) is 22.6. The van der Waals surface area contributed by atoms with Crippen molar-refractivity contribution in [2.24, 2.45) is 10.9 Å². The molecular weight excluding hydrogens is 455 g/mol. The van der Waals surface area contributed by atoms with E-state index >= 15 is 0 Å². The molecule has 1 saturated heterocycles. The van der Waals surface area contributed by atoms with Crippen molar-refractivity contribution >= 4 is 23.8 Å². The van der Waals surface area contributed by atoms with Crippen LogP contribution >= 0.6 is 11.8 Å². The third kappa shape index (κ3) is 7.38. The largest absolute Gasteiger partial charge is 0.357 e. The lowest BCUT2D eigenvalue weighted by Crippen LogP contribution is -2.33. The highest BCUT2D eigenvalue weighted by molar-refractivity contribution is 7.98. The summed E-state index contributed by atoms with van der Waals surface area (Å²) in [6.07, 6.45) is 10.1. The number of thioether (sulfide) groups is 1. The fourth-order valence-corrected chi connectivity index (χ4v) is 4.38. The Balaban J connectivity index is 0.000000198. The van der Waals surface area contributed by atoms with Crippen LogP contribution in [0.3, 0.4) is 0 Å². The summed E-state index contributed by atoms with van der Waals surface area (Å²) < 4.78 is 14.1. The summed E-state index contributed by atoms with van der Waals surface area (Å²) in [4.78, 5) is 16.2. The van der Waals surface area contributed by atoms with Crippen molar-refractivity contribution in [3.8, 4) is 11.3 Å². The maximum atomic E-state index is 14.1. The van der Waals surface area contributed by atoms with Gasteiger partial charge < -0.3 is 4.90 Å². The Morgan fingerprint density at radius 1 is 1.09 bits per heavy atom. The van der Waals surface area contributed by atoms with Crippen LogP contribution in [0.15, 0.2) is 58.7 Å². The van der Waals surface area contributed by atoms with Gasteiger partial charge in [0.2, 0.25) is 0 Å². The predicted molar refractivity (Wildman–Crippen MR) is 149 cm³/mol. The van der Waals surface area contributed by atoms with E-state index in [1.165, 1.54) is 36.2 Å². The van der Waals surface area contributed by atoms with Gasteiger partial charge in [0.05, 0.1) is 5.69 Å². The van der Waals surface area contributed by atoms with Crippen LogP contribution in [-0.4, -0.2) is 42.6 Å². The molecule has 0 aliphatic carbocycles. The summed E-state index contributed by atoms with van der Waals surface area (Å²) in [6, 6.07) is 11.5. The van der Waals surface area contributed by atoms with Gasteiger partial charge >= 0.3 is 0 Å². The molecule has 1 fully saturated rings. The number of piperidine rings is 1. The molecule has 6 heteroatoms. The maximum absolute atomic E-state index is 14.1. The molecule has 2 aromatic heterocycles. The number of hydrogen-bond donors (Lipinski definition) is 0. The molecule has 4 nitrogen and oxygen atoms in total. The van der Waals surface area contributed by atoms with Gasteiger partial charge in [-0.1, -0.05) is 26.8 Å². The van der Waals surface area contributed by atoms with Gasteiger partial charge in [0, 0.05) is 49.2 Å². The fraction of sp³-hybridized carbons (Fsp3) is 0.414. The molecule has 0 N–H and O–H groups in total. The summed E-state index contributed by atoms with van der Waals surface area (Å²) in [5.41, 5.74) is 4.46. The van der Waals surface area contributed by atoms with Crippen molar-refractivity contribution in [3.05, 3.63) is 71.3 Å². The minimum absolute atomic E-state index is 0.248. The van der Waals surface area contributed by atoms with Crippen LogP contribution in [0.2, 0.25) is 0 Å². The first-order valence-corrected chi connectivity index (χ1v) is 13.5. The van der Waals surface area contributed by atoms with Crippen molar-refractivity contribution in [2.45, 2.75) is 51.3 Å². The molecule has 1 aliphatic rings. The van der Waals surface area contributed by atoms with E-state index in [1.54, 1.807) is 25.5 Å².